The highest BCUT2D eigenvalue weighted by atomic mass is 19.3. The highest BCUT2D eigenvalue weighted by Gasteiger charge is 2.04. The number of hydrogen-bond donors (Lipinski definition) is 1. The van der Waals surface area contributed by atoms with Gasteiger partial charge in [0.05, 0.1) is 0 Å². The van der Waals surface area contributed by atoms with E-state index in [4.69, 9.17) is 0 Å². The van der Waals surface area contributed by atoms with Crippen molar-refractivity contribution in [3.8, 4) is 5.75 Å². The summed E-state index contributed by atoms with van der Waals surface area (Å²) in [4.78, 5) is 0. The molecular formula is C13H11F2NO. The molecule has 4 heteroatoms. The fraction of sp³-hybridized carbons (Fsp3) is 0.0769. The average molecular weight is 235 g/mol. The predicted octanol–water partition coefficient (Wildman–Crippen LogP) is 4.03. The topological polar surface area (TPSA) is 21.3 Å². The first-order valence-corrected chi connectivity index (χ1v) is 5.11. The monoisotopic (exact) mass is 235 g/mol. The lowest BCUT2D eigenvalue weighted by molar-refractivity contribution is -0.0497. The van der Waals surface area contributed by atoms with Crippen LogP contribution in [0.4, 0.5) is 20.2 Å². The van der Waals surface area contributed by atoms with Crippen LogP contribution in [-0.4, -0.2) is 6.61 Å². The van der Waals surface area contributed by atoms with Crippen LogP contribution in [0.15, 0.2) is 54.6 Å². The summed E-state index contributed by atoms with van der Waals surface area (Å²) in [6, 6.07) is 15.9. The van der Waals surface area contributed by atoms with Crippen molar-refractivity contribution in [3.05, 3.63) is 54.6 Å². The third kappa shape index (κ3) is 3.45. The molecule has 0 saturated carbocycles. The summed E-state index contributed by atoms with van der Waals surface area (Å²) in [5.74, 6) is 0.140. The maximum absolute atomic E-state index is 12.0. The normalized spacial score (nSPS) is 10.3. The Labute approximate surface area is 97.8 Å². The summed E-state index contributed by atoms with van der Waals surface area (Å²) < 4.78 is 28.4. The zero-order chi connectivity index (χ0) is 12.1. The summed E-state index contributed by atoms with van der Waals surface area (Å²) in [7, 11) is 0. The number of benzene rings is 2. The molecule has 2 rings (SSSR count). The number of hydrogen-bond acceptors (Lipinski definition) is 2. The zero-order valence-electron chi connectivity index (χ0n) is 8.94. The summed E-state index contributed by atoms with van der Waals surface area (Å²) >= 11 is 0. The maximum Gasteiger partial charge on any atom is 0.387 e. The molecule has 17 heavy (non-hydrogen) atoms. The molecular weight excluding hydrogens is 224 g/mol. The Kier molecular flexibility index (Phi) is 3.55. The second kappa shape index (κ2) is 5.30. The smallest absolute Gasteiger partial charge is 0.387 e. The maximum atomic E-state index is 12.0. The molecule has 2 aromatic rings. The predicted molar refractivity (Wildman–Crippen MR) is 62.8 cm³/mol. The molecule has 0 saturated heterocycles. The van der Waals surface area contributed by atoms with Crippen LogP contribution in [0.2, 0.25) is 0 Å². The van der Waals surface area contributed by atoms with Gasteiger partial charge < -0.3 is 10.1 Å². The first-order valence-electron chi connectivity index (χ1n) is 5.11. The van der Waals surface area contributed by atoms with Gasteiger partial charge in [-0.15, -0.1) is 0 Å². The minimum absolute atomic E-state index is 0.140. The van der Waals surface area contributed by atoms with E-state index in [-0.39, 0.29) is 5.75 Å². The van der Waals surface area contributed by atoms with Crippen LogP contribution >= 0.6 is 0 Å². The molecule has 0 radical (unpaired) electrons. The molecule has 0 spiro atoms. The van der Waals surface area contributed by atoms with Crippen LogP contribution in [0.25, 0.3) is 0 Å². The Hall–Kier alpha value is -2.10. The van der Waals surface area contributed by atoms with Gasteiger partial charge in [-0.25, -0.2) is 0 Å². The Morgan fingerprint density at radius 2 is 1.59 bits per heavy atom. The van der Waals surface area contributed by atoms with Crippen molar-refractivity contribution in [3.63, 3.8) is 0 Å². The van der Waals surface area contributed by atoms with Crippen molar-refractivity contribution in [2.45, 2.75) is 6.61 Å². The highest BCUT2D eigenvalue weighted by Crippen LogP contribution is 2.22. The molecule has 0 heterocycles. The van der Waals surface area contributed by atoms with Crippen LogP contribution < -0.4 is 10.1 Å². The fourth-order valence-electron chi connectivity index (χ4n) is 1.44. The third-order valence-corrected chi connectivity index (χ3v) is 2.12. The van der Waals surface area contributed by atoms with E-state index in [1.807, 2.05) is 30.3 Å². The summed E-state index contributed by atoms with van der Waals surface area (Å²) in [6.45, 7) is -2.80. The van der Waals surface area contributed by atoms with E-state index in [1.54, 1.807) is 12.1 Å². The number of alkyl halides is 2. The number of anilines is 2. The molecule has 0 aliphatic heterocycles. The molecule has 88 valence electrons. The third-order valence-electron chi connectivity index (χ3n) is 2.12. The zero-order valence-corrected chi connectivity index (χ0v) is 8.94. The van der Waals surface area contributed by atoms with Crippen molar-refractivity contribution >= 4 is 11.4 Å². The Morgan fingerprint density at radius 3 is 2.29 bits per heavy atom. The van der Waals surface area contributed by atoms with Gasteiger partial charge in [-0.05, 0) is 24.3 Å². The molecule has 0 aromatic heterocycles. The molecule has 0 aliphatic rings. The van der Waals surface area contributed by atoms with Crippen LogP contribution in [0.1, 0.15) is 0 Å². The molecule has 0 amide bonds. The SMILES string of the molecule is FC(F)Oc1cccc(Nc2ccccc2)c1. The van der Waals surface area contributed by atoms with E-state index >= 15 is 0 Å². The highest BCUT2D eigenvalue weighted by molar-refractivity contribution is 5.60. The molecule has 0 atom stereocenters. The minimum atomic E-state index is -2.80. The number of rotatable bonds is 4. The molecule has 1 N–H and O–H groups in total. The first-order chi connectivity index (χ1) is 8.24. The van der Waals surface area contributed by atoms with E-state index in [0.29, 0.717) is 5.69 Å². The number of para-hydroxylation sites is 1. The standard InChI is InChI=1S/C13H11F2NO/c14-13(15)17-12-8-4-7-11(9-12)16-10-5-2-1-3-6-10/h1-9,13,16H. The first kappa shape index (κ1) is 11.4. The lowest BCUT2D eigenvalue weighted by Gasteiger charge is -2.09. The largest absolute Gasteiger partial charge is 0.435 e. The van der Waals surface area contributed by atoms with Gasteiger partial charge in [-0.2, -0.15) is 8.78 Å². The van der Waals surface area contributed by atoms with Gasteiger partial charge in [0.2, 0.25) is 0 Å². The summed E-state index contributed by atoms with van der Waals surface area (Å²) in [5, 5.41) is 3.09. The van der Waals surface area contributed by atoms with E-state index in [1.165, 1.54) is 12.1 Å². The van der Waals surface area contributed by atoms with Gasteiger partial charge in [-0.3, -0.25) is 0 Å². The quantitative estimate of drug-likeness (QED) is 0.863. The van der Waals surface area contributed by atoms with E-state index in [2.05, 4.69) is 10.1 Å². The average Bonchev–Trinajstić information content (AvgIpc) is 2.30. The minimum Gasteiger partial charge on any atom is -0.435 e. The summed E-state index contributed by atoms with van der Waals surface area (Å²) in [6.07, 6.45) is 0. The van der Waals surface area contributed by atoms with Crippen molar-refractivity contribution in [2.75, 3.05) is 5.32 Å². The van der Waals surface area contributed by atoms with Crippen LogP contribution in [0.5, 0.6) is 5.75 Å². The Balaban J connectivity index is 2.11. The van der Waals surface area contributed by atoms with Crippen LogP contribution in [0, 0.1) is 0 Å². The number of halogens is 2. The number of nitrogens with one attached hydrogen (secondary N) is 1. The van der Waals surface area contributed by atoms with Gasteiger partial charge in [0.1, 0.15) is 5.75 Å². The van der Waals surface area contributed by atoms with Gasteiger partial charge >= 0.3 is 6.61 Å². The summed E-state index contributed by atoms with van der Waals surface area (Å²) in [5.41, 5.74) is 1.59. The molecule has 2 aromatic carbocycles. The lowest BCUT2D eigenvalue weighted by atomic mass is 10.2. The molecule has 0 fully saturated rings. The lowest BCUT2D eigenvalue weighted by Crippen LogP contribution is -2.02. The van der Waals surface area contributed by atoms with E-state index < -0.39 is 6.61 Å². The van der Waals surface area contributed by atoms with E-state index in [9.17, 15) is 8.78 Å². The van der Waals surface area contributed by atoms with Crippen molar-refractivity contribution < 1.29 is 13.5 Å². The van der Waals surface area contributed by atoms with Crippen molar-refractivity contribution in [1.29, 1.82) is 0 Å². The van der Waals surface area contributed by atoms with Crippen molar-refractivity contribution in [2.24, 2.45) is 0 Å². The van der Waals surface area contributed by atoms with Crippen LogP contribution in [-0.2, 0) is 0 Å². The molecule has 0 aliphatic carbocycles. The number of ether oxygens (including phenoxy) is 1. The van der Waals surface area contributed by atoms with Gasteiger partial charge in [-0.1, -0.05) is 24.3 Å². The van der Waals surface area contributed by atoms with Gasteiger partial charge in [0.15, 0.2) is 0 Å². The second-order valence-corrected chi connectivity index (χ2v) is 3.40. The van der Waals surface area contributed by atoms with Gasteiger partial charge in [0, 0.05) is 17.4 Å². The van der Waals surface area contributed by atoms with Gasteiger partial charge in [0.25, 0.3) is 0 Å². The fourth-order valence-corrected chi connectivity index (χ4v) is 1.44. The Bertz CT molecular complexity index is 474. The van der Waals surface area contributed by atoms with Crippen molar-refractivity contribution in [1.82, 2.24) is 0 Å². The molecule has 2 nitrogen and oxygen atoms in total. The Morgan fingerprint density at radius 1 is 0.882 bits per heavy atom. The molecule has 0 bridgehead atoms. The second-order valence-electron chi connectivity index (χ2n) is 3.40. The van der Waals surface area contributed by atoms with E-state index in [0.717, 1.165) is 5.69 Å². The van der Waals surface area contributed by atoms with Crippen LogP contribution in [0.3, 0.4) is 0 Å². The molecule has 0 unspecified atom stereocenters.